The van der Waals surface area contributed by atoms with Crippen LogP contribution in [0.3, 0.4) is 0 Å². The van der Waals surface area contributed by atoms with Gasteiger partial charge in [-0.05, 0) is 18.2 Å². The molecule has 4 nitrogen and oxygen atoms in total. The monoisotopic (exact) mass is 268 g/mol. The van der Waals surface area contributed by atoms with Gasteiger partial charge in [0.15, 0.2) is 0 Å². The van der Waals surface area contributed by atoms with Crippen LogP contribution in [-0.2, 0) is 13.1 Å². The van der Waals surface area contributed by atoms with Crippen molar-refractivity contribution in [3.63, 3.8) is 0 Å². The summed E-state index contributed by atoms with van der Waals surface area (Å²) >= 11 is 0. The topological polar surface area (TPSA) is 55.6 Å². The first-order valence-corrected chi connectivity index (χ1v) is 6.49. The lowest BCUT2D eigenvalue weighted by Gasteiger charge is -2.17. The smallest absolute Gasteiger partial charge is 0.254 e. The second-order valence-electron chi connectivity index (χ2n) is 4.85. The van der Waals surface area contributed by atoms with Gasteiger partial charge < -0.3 is 15.4 Å². The Labute approximate surface area is 117 Å². The predicted molar refractivity (Wildman–Crippen MR) is 77.4 cm³/mol. The van der Waals surface area contributed by atoms with E-state index in [-0.39, 0.29) is 5.91 Å². The molecule has 0 fully saturated rings. The Balaban J connectivity index is 1.88. The van der Waals surface area contributed by atoms with Crippen LogP contribution in [0.4, 0.5) is 5.69 Å². The molecular formula is C16H16N2O2. The highest BCUT2D eigenvalue weighted by molar-refractivity contribution is 5.99. The van der Waals surface area contributed by atoms with Gasteiger partial charge in [-0.3, -0.25) is 4.79 Å². The summed E-state index contributed by atoms with van der Waals surface area (Å²) in [5.74, 6) is 0.822. The Bertz CT molecular complexity index is 667. The minimum Gasteiger partial charge on any atom is -0.496 e. The van der Waals surface area contributed by atoms with E-state index in [1.807, 2.05) is 42.5 Å². The van der Waals surface area contributed by atoms with Gasteiger partial charge in [-0.2, -0.15) is 0 Å². The van der Waals surface area contributed by atoms with Crippen molar-refractivity contribution in [2.45, 2.75) is 13.1 Å². The van der Waals surface area contributed by atoms with Crippen molar-refractivity contribution in [3.8, 4) is 5.75 Å². The van der Waals surface area contributed by atoms with Crippen LogP contribution in [0, 0.1) is 0 Å². The molecule has 102 valence electrons. The van der Waals surface area contributed by atoms with Gasteiger partial charge in [0, 0.05) is 35.5 Å². The van der Waals surface area contributed by atoms with E-state index >= 15 is 0 Å². The number of nitrogens with zero attached hydrogens (tertiary/aromatic N) is 1. The predicted octanol–water partition coefficient (Wildman–Crippen LogP) is 2.43. The second-order valence-corrected chi connectivity index (χ2v) is 4.85. The molecule has 0 bridgehead atoms. The molecule has 4 heteroatoms. The molecule has 0 atom stereocenters. The van der Waals surface area contributed by atoms with Crippen LogP contribution in [0.1, 0.15) is 21.5 Å². The number of hydrogen-bond donors (Lipinski definition) is 1. The maximum Gasteiger partial charge on any atom is 0.254 e. The van der Waals surface area contributed by atoms with Crippen molar-refractivity contribution in [1.29, 1.82) is 0 Å². The van der Waals surface area contributed by atoms with Gasteiger partial charge in [0.05, 0.1) is 7.11 Å². The van der Waals surface area contributed by atoms with Gasteiger partial charge in [0.2, 0.25) is 0 Å². The number of nitrogens with two attached hydrogens (primary N) is 1. The molecular weight excluding hydrogens is 252 g/mol. The molecule has 2 N–H and O–H groups in total. The number of anilines is 1. The molecule has 1 aliphatic heterocycles. The summed E-state index contributed by atoms with van der Waals surface area (Å²) in [4.78, 5) is 14.2. The molecule has 0 unspecified atom stereocenters. The maximum absolute atomic E-state index is 12.4. The molecule has 3 rings (SSSR count). The van der Waals surface area contributed by atoms with Crippen molar-refractivity contribution in [3.05, 3.63) is 59.2 Å². The standard InChI is InChI=1S/C16H16N2O2/c1-20-15-8-3-2-5-11(15)9-18-10-13-12(16(18)19)6-4-7-14(13)17/h2-8H,9-10,17H2,1H3. The summed E-state index contributed by atoms with van der Waals surface area (Å²) in [6.45, 7) is 1.08. The molecule has 0 aliphatic carbocycles. The third-order valence-electron chi connectivity index (χ3n) is 3.63. The minimum absolute atomic E-state index is 0.0261. The summed E-state index contributed by atoms with van der Waals surface area (Å²) < 4.78 is 5.33. The third kappa shape index (κ3) is 1.99. The number of nitrogen functional groups attached to an aromatic ring is 1. The largest absolute Gasteiger partial charge is 0.496 e. The first-order chi connectivity index (χ1) is 9.70. The van der Waals surface area contributed by atoms with E-state index in [0.29, 0.717) is 24.3 Å². The Kier molecular flexibility index (Phi) is 3.06. The lowest BCUT2D eigenvalue weighted by molar-refractivity contribution is 0.0766. The molecule has 0 saturated heterocycles. The molecule has 1 heterocycles. The number of para-hydroxylation sites is 1. The maximum atomic E-state index is 12.4. The fourth-order valence-corrected chi connectivity index (χ4v) is 2.58. The Morgan fingerprint density at radius 2 is 2.00 bits per heavy atom. The highest BCUT2D eigenvalue weighted by Gasteiger charge is 2.29. The number of carbonyl (C=O) groups is 1. The fourth-order valence-electron chi connectivity index (χ4n) is 2.58. The van der Waals surface area contributed by atoms with Crippen LogP contribution in [0.15, 0.2) is 42.5 Å². The van der Waals surface area contributed by atoms with E-state index in [0.717, 1.165) is 16.9 Å². The van der Waals surface area contributed by atoms with Gasteiger partial charge in [-0.1, -0.05) is 24.3 Å². The number of benzene rings is 2. The molecule has 0 spiro atoms. The first-order valence-electron chi connectivity index (χ1n) is 6.49. The normalized spacial score (nSPS) is 13.4. The first kappa shape index (κ1) is 12.5. The number of fused-ring (bicyclic) bond motifs is 1. The highest BCUT2D eigenvalue weighted by Crippen LogP contribution is 2.30. The quantitative estimate of drug-likeness (QED) is 0.870. The van der Waals surface area contributed by atoms with E-state index in [1.165, 1.54) is 0 Å². The Morgan fingerprint density at radius 3 is 2.75 bits per heavy atom. The number of ether oxygens (including phenoxy) is 1. The van der Waals surface area contributed by atoms with Crippen molar-refractivity contribution >= 4 is 11.6 Å². The molecule has 2 aromatic rings. The van der Waals surface area contributed by atoms with Crippen LogP contribution < -0.4 is 10.5 Å². The van der Waals surface area contributed by atoms with E-state index in [4.69, 9.17) is 10.5 Å². The molecule has 0 aromatic heterocycles. The van der Waals surface area contributed by atoms with Crippen LogP contribution >= 0.6 is 0 Å². The SMILES string of the molecule is COc1ccccc1CN1Cc2c(N)cccc2C1=O. The number of rotatable bonds is 3. The zero-order valence-corrected chi connectivity index (χ0v) is 11.3. The number of carbonyl (C=O) groups excluding carboxylic acids is 1. The van der Waals surface area contributed by atoms with Gasteiger partial charge >= 0.3 is 0 Å². The van der Waals surface area contributed by atoms with Crippen molar-refractivity contribution in [2.75, 3.05) is 12.8 Å². The van der Waals surface area contributed by atoms with Gasteiger partial charge in [0.1, 0.15) is 5.75 Å². The number of hydrogen-bond acceptors (Lipinski definition) is 3. The lowest BCUT2D eigenvalue weighted by atomic mass is 10.1. The highest BCUT2D eigenvalue weighted by atomic mass is 16.5. The van der Waals surface area contributed by atoms with Gasteiger partial charge in [0.25, 0.3) is 5.91 Å². The average Bonchev–Trinajstić information content (AvgIpc) is 2.78. The summed E-state index contributed by atoms with van der Waals surface area (Å²) in [5, 5.41) is 0. The summed E-state index contributed by atoms with van der Waals surface area (Å²) in [5.41, 5.74) is 9.25. The zero-order chi connectivity index (χ0) is 14.1. The van der Waals surface area contributed by atoms with E-state index in [1.54, 1.807) is 12.0 Å². The third-order valence-corrected chi connectivity index (χ3v) is 3.63. The molecule has 1 aliphatic rings. The number of methoxy groups -OCH3 is 1. The Hall–Kier alpha value is -2.49. The van der Waals surface area contributed by atoms with Crippen LogP contribution in [-0.4, -0.2) is 17.9 Å². The summed E-state index contributed by atoms with van der Waals surface area (Å²) in [6, 6.07) is 13.2. The van der Waals surface area contributed by atoms with E-state index < -0.39 is 0 Å². The van der Waals surface area contributed by atoms with E-state index in [9.17, 15) is 4.79 Å². The molecule has 1 amide bonds. The van der Waals surface area contributed by atoms with Crippen molar-refractivity contribution in [1.82, 2.24) is 4.90 Å². The van der Waals surface area contributed by atoms with Crippen molar-refractivity contribution in [2.24, 2.45) is 0 Å². The Morgan fingerprint density at radius 1 is 1.20 bits per heavy atom. The van der Waals surface area contributed by atoms with Gasteiger partial charge in [-0.25, -0.2) is 0 Å². The molecule has 0 saturated carbocycles. The van der Waals surface area contributed by atoms with E-state index in [2.05, 4.69) is 0 Å². The second kappa shape index (κ2) is 4.89. The molecule has 2 aromatic carbocycles. The fraction of sp³-hybridized carbons (Fsp3) is 0.188. The average molecular weight is 268 g/mol. The minimum atomic E-state index is 0.0261. The molecule has 0 radical (unpaired) electrons. The molecule has 20 heavy (non-hydrogen) atoms. The number of amides is 1. The zero-order valence-electron chi connectivity index (χ0n) is 11.3. The van der Waals surface area contributed by atoms with Crippen molar-refractivity contribution < 1.29 is 9.53 Å². The van der Waals surface area contributed by atoms with Gasteiger partial charge in [-0.15, -0.1) is 0 Å². The summed E-state index contributed by atoms with van der Waals surface area (Å²) in [6.07, 6.45) is 0. The van der Waals surface area contributed by atoms with Crippen LogP contribution in [0.2, 0.25) is 0 Å². The summed E-state index contributed by atoms with van der Waals surface area (Å²) in [7, 11) is 1.64. The van der Waals surface area contributed by atoms with Crippen LogP contribution in [0.25, 0.3) is 0 Å². The lowest BCUT2D eigenvalue weighted by Crippen LogP contribution is -2.23. The van der Waals surface area contributed by atoms with Crippen LogP contribution in [0.5, 0.6) is 5.75 Å².